The van der Waals surface area contributed by atoms with E-state index in [1.807, 2.05) is 18.2 Å². The van der Waals surface area contributed by atoms with Crippen molar-refractivity contribution in [3.63, 3.8) is 0 Å². The second-order valence-corrected chi connectivity index (χ2v) is 3.37. The fourth-order valence-electron chi connectivity index (χ4n) is 1.46. The molecule has 2 rings (SSSR count). The maximum atomic E-state index is 9.76. The van der Waals surface area contributed by atoms with Crippen LogP contribution in [0.3, 0.4) is 0 Å². The van der Waals surface area contributed by atoms with Gasteiger partial charge in [0.15, 0.2) is 0 Å². The number of aromatic hydroxyl groups is 1. The first kappa shape index (κ1) is 9.40. The summed E-state index contributed by atoms with van der Waals surface area (Å²) in [6, 6.07) is 12.6. The second kappa shape index (κ2) is 3.53. The van der Waals surface area contributed by atoms with E-state index in [0.29, 0.717) is 11.4 Å². The molecule has 5 N–H and O–H groups in total. The van der Waals surface area contributed by atoms with E-state index in [9.17, 15) is 5.11 Å². The smallest absolute Gasteiger partial charge is 0.146 e. The molecule has 0 heterocycles. The van der Waals surface area contributed by atoms with Crippen LogP contribution in [0.4, 0.5) is 11.4 Å². The van der Waals surface area contributed by atoms with Crippen LogP contribution >= 0.6 is 0 Å². The Morgan fingerprint density at radius 1 is 0.867 bits per heavy atom. The van der Waals surface area contributed by atoms with Crippen LogP contribution in [0.15, 0.2) is 42.5 Å². The summed E-state index contributed by atoms with van der Waals surface area (Å²) >= 11 is 0. The molecule has 15 heavy (non-hydrogen) atoms. The fraction of sp³-hybridized carbons (Fsp3) is 0. The number of para-hydroxylation sites is 1. The Hall–Kier alpha value is -2.16. The molecular weight excluding hydrogens is 188 g/mol. The van der Waals surface area contributed by atoms with Gasteiger partial charge in [-0.15, -0.1) is 0 Å². The topological polar surface area (TPSA) is 72.3 Å². The summed E-state index contributed by atoms with van der Waals surface area (Å²) in [7, 11) is 0. The van der Waals surface area contributed by atoms with Crippen molar-refractivity contribution in [2.45, 2.75) is 0 Å². The van der Waals surface area contributed by atoms with Gasteiger partial charge in [0, 0.05) is 11.3 Å². The number of phenolic OH excluding ortho intramolecular Hbond substituents is 1. The Kier molecular flexibility index (Phi) is 2.21. The predicted molar refractivity (Wildman–Crippen MR) is 62.4 cm³/mol. The Morgan fingerprint density at radius 3 is 2.20 bits per heavy atom. The third-order valence-electron chi connectivity index (χ3n) is 2.29. The molecule has 0 unspecified atom stereocenters. The van der Waals surface area contributed by atoms with Gasteiger partial charge in [0.1, 0.15) is 5.75 Å². The minimum Gasteiger partial charge on any atom is -0.505 e. The molecule has 0 bridgehead atoms. The minimum atomic E-state index is 0.113. The number of nitrogens with two attached hydrogens (primary N) is 2. The van der Waals surface area contributed by atoms with Gasteiger partial charge in [-0.3, -0.25) is 0 Å². The molecule has 0 atom stereocenters. The Labute approximate surface area is 88.0 Å². The lowest BCUT2D eigenvalue weighted by molar-refractivity contribution is 0.480. The van der Waals surface area contributed by atoms with E-state index in [1.165, 1.54) is 0 Å². The summed E-state index contributed by atoms with van der Waals surface area (Å²) in [6.45, 7) is 0. The molecule has 2 aromatic rings. The van der Waals surface area contributed by atoms with Gasteiger partial charge >= 0.3 is 0 Å². The Balaban J connectivity index is 2.54. The van der Waals surface area contributed by atoms with Gasteiger partial charge < -0.3 is 16.6 Å². The molecular formula is C12H12N2O. The molecule has 3 heteroatoms. The van der Waals surface area contributed by atoms with Crippen molar-refractivity contribution in [1.82, 2.24) is 0 Å². The van der Waals surface area contributed by atoms with Crippen LogP contribution in [0.2, 0.25) is 0 Å². The average molecular weight is 200 g/mol. The van der Waals surface area contributed by atoms with Gasteiger partial charge in [-0.25, -0.2) is 0 Å². The predicted octanol–water partition coefficient (Wildman–Crippen LogP) is 2.22. The maximum Gasteiger partial charge on any atom is 0.146 e. The summed E-state index contributed by atoms with van der Waals surface area (Å²) in [6.07, 6.45) is 0. The zero-order chi connectivity index (χ0) is 10.8. The minimum absolute atomic E-state index is 0.113. The molecule has 0 aliphatic carbocycles. The van der Waals surface area contributed by atoms with Crippen molar-refractivity contribution in [3.8, 4) is 16.9 Å². The molecule has 0 aliphatic rings. The summed E-state index contributed by atoms with van der Waals surface area (Å²) in [5.41, 5.74) is 13.9. The molecule has 2 aromatic carbocycles. The first-order chi connectivity index (χ1) is 7.18. The average Bonchev–Trinajstić information content (AvgIpc) is 2.24. The first-order valence-corrected chi connectivity index (χ1v) is 4.62. The number of phenols is 1. The van der Waals surface area contributed by atoms with Crippen LogP contribution in [0.1, 0.15) is 0 Å². The van der Waals surface area contributed by atoms with Gasteiger partial charge in [-0.2, -0.15) is 0 Å². The lowest BCUT2D eigenvalue weighted by atomic mass is 10.0. The van der Waals surface area contributed by atoms with Crippen molar-refractivity contribution < 1.29 is 5.11 Å². The van der Waals surface area contributed by atoms with E-state index in [1.54, 1.807) is 24.3 Å². The third kappa shape index (κ3) is 1.72. The first-order valence-electron chi connectivity index (χ1n) is 4.62. The molecule has 0 saturated heterocycles. The van der Waals surface area contributed by atoms with Crippen molar-refractivity contribution in [3.05, 3.63) is 42.5 Å². The van der Waals surface area contributed by atoms with E-state index in [4.69, 9.17) is 11.5 Å². The zero-order valence-corrected chi connectivity index (χ0v) is 8.14. The molecule has 0 amide bonds. The van der Waals surface area contributed by atoms with E-state index >= 15 is 0 Å². The number of nitrogen functional groups attached to an aromatic ring is 2. The highest BCUT2D eigenvalue weighted by Crippen LogP contribution is 2.33. The van der Waals surface area contributed by atoms with E-state index in [0.717, 1.165) is 11.1 Å². The highest BCUT2D eigenvalue weighted by atomic mass is 16.3. The van der Waals surface area contributed by atoms with Gasteiger partial charge in [-0.05, 0) is 23.8 Å². The number of anilines is 2. The van der Waals surface area contributed by atoms with Crippen LogP contribution in [-0.4, -0.2) is 5.11 Å². The van der Waals surface area contributed by atoms with Crippen molar-refractivity contribution >= 4 is 11.4 Å². The molecule has 0 aliphatic heterocycles. The monoisotopic (exact) mass is 200 g/mol. The molecule has 0 radical (unpaired) electrons. The Bertz CT molecular complexity index is 477. The SMILES string of the molecule is Nc1ccc(-c2cccc(N)c2O)cc1. The van der Waals surface area contributed by atoms with E-state index in [2.05, 4.69) is 0 Å². The highest BCUT2D eigenvalue weighted by molar-refractivity contribution is 5.77. The van der Waals surface area contributed by atoms with Crippen LogP contribution in [0.5, 0.6) is 5.75 Å². The summed E-state index contributed by atoms with van der Waals surface area (Å²) in [4.78, 5) is 0. The maximum absolute atomic E-state index is 9.76. The largest absolute Gasteiger partial charge is 0.505 e. The molecule has 0 aromatic heterocycles. The van der Waals surface area contributed by atoms with E-state index < -0.39 is 0 Å². The van der Waals surface area contributed by atoms with Gasteiger partial charge in [0.2, 0.25) is 0 Å². The van der Waals surface area contributed by atoms with Gasteiger partial charge in [0.25, 0.3) is 0 Å². The lowest BCUT2D eigenvalue weighted by Crippen LogP contribution is -1.88. The van der Waals surface area contributed by atoms with Crippen molar-refractivity contribution in [2.75, 3.05) is 11.5 Å². The standard InChI is InChI=1S/C12H12N2O/c13-9-6-4-8(5-7-9)10-2-1-3-11(14)12(10)15/h1-7,15H,13-14H2. The fourth-order valence-corrected chi connectivity index (χ4v) is 1.46. The van der Waals surface area contributed by atoms with Crippen molar-refractivity contribution in [2.24, 2.45) is 0 Å². The van der Waals surface area contributed by atoms with Gasteiger partial charge in [0.05, 0.1) is 5.69 Å². The van der Waals surface area contributed by atoms with E-state index in [-0.39, 0.29) is 5.75 Å². The molecule has 0 spiro atoms. The Morgan fingerprint density at radius 2 is 1.53 bits per heavy atom. The zero-order valence-electron chi connectivity index (χ0n) is 8.14. The van der Waals surface area contributed by atoms with Crippen LogP contribution in [-0.2, 0) is 0 Å². The summed E-state index contributed by atoms with van der Waals surface area (Å²) in [5.74, 6) is 0.113. The number of hydrogen-bond acceptors (Lipinski definition) is 3. The molecule has 0 fully saturated rings. The van der Waals surface area contributed by atoms with Crippen LogP contribution in [0.25, 0.3) is 11.1 Å². The summed E-state index contributed by atoms with van der Waals surface area (Å²) in [5, 5.41) is 9.76. The quantitative estimate of drug-likeness (QED) is 0.488. The number of benzene rings is 2. The molecule has 3 nitrogen and oxygen atoms in total. The lowest BCUT2D eigenvalue weighted by Gasteiger charge is -2.06. The number of hydrogen-bond donors (Lipinski definition) is 3. The summed E-state index contributed by atoms with van der Waals surface area (Å²) < 4.78 is 0. The van der Waals surface area contributed by atoms with Crippen LogP contribution < -0.4 is 11.5 Å². The van der Waals surface area contributed by atoms with Crippen molar-refractivity contribution in [1.29, 1.82) is 0 Å². The molecule has 0 saturated carbocycles. The number of rotatable bonds is 1. The second-order valence-electron chi connectivity index (χ2n) is 3.37. The third-order valence-corrected chi connectivity index (χ3v) is 2.29. The molecule has 76 valence electrons. The van der Waals surface area contributed by atoms with Crippen LogP contribution in [0, 0.1) is 0 Å². The normalized spacial score (nSPS) is 10.1. The van der Waals surface area contributed by atoms with Gasteiger partial charge in [-0.1, -0.05) is 24.3 Å². The highest BCUT2D eigenvalue weighted by Gasteiger charge is 2.05.